The van der Waals surface area contributed by atoms with Crippen LogP contribution in [-0.4, -0.2) is 48.3 Å². The normalized spacial score (nSPS) is 17.4. The number of anilines is 1. The number of morpholine rings is 1. The van der Waals surface area contributed by atoms with Gasteiger partial charge in [-0.1, -0.05) is 0 Å². The van der Waals surface area contributed by atoms with E-state index in [4.69, 9.17) is 4.74 Å². The Bertz CT molecular complexity index is 360. The number of hydrogen-bond donors (Lipinski definition) is 1. The van der Waals surface area contributed by atoms with Gasteiger partial charge >= 0.3 is 0 Å². The monoisotopic (exact) mass is 378 g/mol. The molecule has 1 aromatic rings. The number of H-pyrrole nitrogens is 1. The van der Waals surface area contributed by atoms with Crippen molar-refractivity contribution in [3.8, 4) is 0 Å². The van der Waals surface area contributed by atoms with E-state index in [0.29, 0.717) is 5.62 Å². The molecule has 0 aliphatic carbocycles. The van der Waals surface area contributed by atoms with Crippen LogP contribution in [0.15, 0.2) is 4.99 Å². The number of rotatable bonds is 1. The van der Waals surface area contributed by atoms with E-state index in [0.717, 1.165) is 32.3 Å². The van der Waals surface area contributed by atoms with Crippen LogP contribution >= 0.6 is 0 Å². The van der Waals surface area contributed by atoms with Gasteiger partial charge in [-0.25, -0.2) is 0 Å². The van der Waals surface area contributed by atoms with E-state index in [1.54, 1.807) is 7.05 Å². The number of hydrogen-bond acceptors (Lipinski definition) is 5. The number of nitrogens with one attached hydrogen (secondary N) is 1. The first-order chi connectivity index (χ1) is 6.90. The maximum atomic E-state index is 5.25. The van der Waals surface area contributed by atoms with Gasteiger partial charge < -0.3 is 29.6 Å². The molecule has 1 saturated heterocycles. The van der Waals surface area contributed by atoms with Crippen molar-refractivity contribution in [3.63, 3.8) is 0 Å². The van der Waals surface area contributed by atoms with Crippen LogP contribution in [0.25, 0.3) is 0 Å². The molecule has 0 bridgehead atoms. The van der Waals surface area contributed by atoms with Crippen LogP contribution in [0.5, 0.6) is 0 Å². The average molecular weight is 378 g/mol. The van der Waals surface area contributed by atoms with E-state index < -0.39 is 0 Å². The van der Waals surface area contributed by atoms with Crippen molar-refractivity contribution in [2.75, 3.05) is 38.3 Å². The predicted octanol–water partition coefficient (Wildman–Crippen LogP) is -1.03. The summed E-state index contributed by atoms with van der Waals surface area (Å²) in [5.41, 5.74) is 0.543. The zero-order valence-corrected chi connectivity index (χ0v) is 11.4. The zero-order valence-electron chi connectivity index (χ0n) is 8.43. The summed E-state index contributed by atoms with van der Waals surface area (Å²) in [5, 5.41) is 0. The van der Waals surface area contributed by atoms with Gasteiger partial charge in [-0.15, -0.1) is 0 Å². The van der Waals surface area contributed by atoms with Gasteiger partial charge in [0.1, 0.15) is 5.62 Å². The Hall–Kier alpha value is -0.742. The second-order valence-corrected chi connectivity index (χ2v) is 2.92. The molecule has 1 aliphatic heterocycles. The van der Waals surface area contributed by atoms with Crippen LogP contribution in [-0.2, 0) is 25.8 Å². The molecular formula is C8H12N5OW-. The Morgan fingerprint density at radius 3 is 2.80 bits per heavy atom. The fraction of sp³-hybridized carbons (Fsp3) is 0.625. The molecule has 0 spiro atoms. The van der Waals surface area contributed by atoms with Crippen LogP contribution < -0.4 is 10.5 Å². The molecule has 2 heterocycles. The molecule has 2 rings (SSSR count). The van der Waals surface area contributed by atoms with E-state index >= 15 is 0 Å². The minimum Gasteiger partial charge on any atom is -0.401 e. The number of aromatic nitrogens is 3. The smallest absolute Gasteiger partial charge is 0.110 e. The second-order valence-electron chi connectivity index (χ2n) is 2.92. The quantitative estimate of drug-likeness (QED) is 0.635. The summed E-state index contributed by atoms with van der Waals surface area (Å²) in [5.74, 6) is 0.754. The first-order valence-electron chi connectivity index (χ1n) is 4.50. The molecule has 0 saturated carbocycles. The maximum absolute atomic E-state index is 5.25. The fourth-order valence-corrected chi connectivity index (χ4v) is 1.31. The topological polar surface area (TPSA) is 66.4 Å². The van der Waals surface area contributed by atoms with Gasteiger partial charge in [-0.3, -0.25) is 0 Å². The number of nitrogens with zero attached hydrogens (tertiary/aromatic N) is 4. The molecule has 0 amide bonds. The Kier molecular flexibility index (Phi) is 4.91. The summed E-state index contributed by atoms with van der Waals surface area (Å²) in [4.78, 5) is 16.9. The van der Waals surface area contributed by atoms with Crippen molar-refractivity contribution in [1.29, 1.82) is 0 Å². The molecule has 0 radical (unpaired) electrons. The minimum atomic E-state index is 0. The van der Waals surface area contributed by atoms with E-state index in [-0.39, 0.29) is 21.1 Å². The van der Waals surface area contributed by atoms with Crippen molar-refractivity contribution >= 4 is 5.95 Å². The van der Waals surface area contributed by atoms with Gasteiger partial charge in [0.2, 0.25) is 0 Å². The van der Waals surface area contributed by atoms with Crippen molar-refractivity contribution in [1.82, 2.24) is 15.0 Å². The molecule has 6 nitrogen and oxygen atoms in total. The summed E-state index contributed by atoms with van der Waals surface area (Å²) in [6, 6.07) is 0. The second kappa shape index (κ2) is 5.98. The van der Waals surface area contributed by atoms with Crippen molar-refractivity contribution in [2.24, 2.45) is 4.99 Å². The summed E-state index contributed by atoms with van der Waals surface area (Å²) < 4.78 is 5.25. The third kappa shape index (κ3) is 3.11. The summed E-state index contributed by atoms with van der Waals surface area (Å²) >= 11 is 0. The molecule has 0 atom stereocenters. The van der Waals surface area contributed by atoms with Crippen LogP contribution in [0.4, 0.5) is 5.95 Å². The summed E-state index contributed by atoms with van der Waals surface area (Å²) in [6.07, 6.45) is 2.57. The Labute approximate surface area is 102 Å². The molecule has 1 aliphatic rings. The molecular weight excluding hydrogens is 366 g/mol. The molecule has 1 N–H and O–H groups in total. The van der Waals surface area contributed by atoms with Crippen molar-refractivity contribution < 1.29 is 25.8 Å². The summed E-state index contributed by atoms with van der Waals surface area (Å²) in [7, 11) is 1.68. The average Bonchev–Trinajstić information content (AvgIpc) is 2.30. The predicted molar refractivity (Wildman–Crippen MR) is 49.7 cm³/mol. The van der Waals surface area contributed by atoms with Gasteiger partial charge in [-0.05, 0) is 0 Å². The van der Waals surface area contributed by atoms with Gasteiger partial charge in [0.25, 0.3) is 0 Å². The molecule has 0 unspecified atom stereocenters. The summed E-state index contributed by atoms with van der Waals surface area (Å²) in [6.45, 7) is 3.14. The molecule has 0 aromatic carbocycles. The fourth-order valence-electron chi connectivity index (χ4n) is 1.31. The van der Waals surface area contributed by atoms with Crippen LogP contribution in [0.2, 0.25) is 0 Å². The van der Waals surface area contributed by atoms with Crippen LogP contribution in [0.1, 0.15) is 0 Å². The SMILES string of the molecule is CN=c1n[c-]nc(N2CCOCC2)[nH]1.[W]. The van der Waals surface area contributed by atoms with Gasteiger partial charge in [0.15, 0.2) is 0 Å². The maximum Gasteiger partial charge on any atom is 0.110 e. The van der Waals surface area contributed by atoms with Gasteiger partial charge in [0, 0.05) is 47.5 Å². The van der Waals surface area contributed by atoms with E-state index in [2.05, 4.69) is 31.2 Å². The molecule has 15 heavy (non-hydrogen) atoms. The number of ether oxygens (including phenoxy) is 1. The van der Waals surface area contributed by atoms with Crippen LogP contribution in [0, 0.1) is 6.33 Å². The molecule has 7 heteroatoms. The molecule has 82 valence electrons. The standard InChI is InChI=1S/C8H12N5O.W/c1-9-7-10-6-11-8(12-7)13-2-4-14-5-3-13;/h2-5H2,1H3,(H,9,10,11,12);/q-1;. The first kappa shape index (κ1) is 12.3. The van der Waals surface area contributed by atoms with E-state index in [1.807, 2.05) is 0 Å². The minimum absolute atomic E-state index is 0. The Morgan fingerprint density at radius 1 is 1.40 bits per heavy atom. The number of aromatic amines is 1. The third-order valence-electron chi connectivity index (χ3n) is 2.06. The van der Waals surface area contributed by atoms with E-state index in [1.165, 1.54) is 0 Å². The molecule has 1 aromatic heterocycles. The van der Waals surface area contributed by atoms with Crippen molar-refractivity contribution in [2.45, 2.75) is 0 Å². The van der Waals surface area contributed by atoms with Crippen LogP contribution in [0.3, 0.4) is 0 Å². The van der Waals surface area contributed by atoms with Gasteiger partial charge in [-0.2, -0.15) is 0 Å². The third-order valence-corrected chi connectivity index (χ3v) is 2.06. The zero-order chi connectivity index (χ0) is 9.80. The van der Waals surface area contributed by atoms with E-state index in [9.17, 15) is 0 Å². The largest absolute Gasteiger partial charge is 0.401 e. The Morgan fingerprint density at radius 2 is 2.13 bits per heavy atom. The first-order valence-corrected chi connectivity index (χ1v) is 4.50. The van der Waals surface area contributed by atoms with Gasteiger partial charge in [0.05, 0.1) is 19.2 Å². The van der Waals surface area contributed by atoms with Crippen molar-refractivity contribution in [3.05, 3.63) is 11.9 Å². The Balaban J connectivity index is 0.00000112. The molecule has 1 fully saturated rings.